The number of aryl methyl sites for hydroxylation is 1. The van der Waals surface area contributed by atoms with Crippen LogP contribution in [0.5, 0.6) is 0 Å². The lowest BCUT2D eigenvalue weighted by Crippen LogP contribution is -2.36. The third-order valence-electron chi connectivity index (χ3n) is 4.04. The summed E-state index contributed by atoms with van der Waals surface area (Å²) < 4.78 is 0. The molecular weight excluding hydrogens is 222 g/mol. The van der Waals surface area contributed by atoms with Crippen molar-refractivity contribution >= 4 is 5.82 Å². The highest BCUT2D eigenvalue weighted by Gasteiger charge is 2.24. The summed E-state index contributed by atoms with van der Waals surface area (Å²) in [6.45, 7) is 4.29. The number of nitrogens with zero attached hydrogens (tertiary/aromatic N) is 3. The Balaban J connectivity index is 2.26. The maximum atomic E-state index is 9.28. The molecule has 0 radical (unpaired) electrons. The van der Waals surface area contributed by atoms with E-state index in [1.165, 1.54) is 25.7 Å². The first-order chi connectivity index (χ1) is 8.63. The second kappa shape index (κ2) is 5.39. The summed E-state index contributed by atoms with van der Waals surface area (Å²) in [4.78, 5) is 6.62. The molecule has 0 aliphatic heterocycles. The van der Waals surface area contributed by atoms with Gasteiger partial charge in [-0.3, -0.25) is 0 Å². The van der Waals surface area contributed by atoms with Crippen LogP contribution in [0.1, 0.15) is 43.7 Å². The summed E-state index contributed by atoms with van der Waals surface area (Å²) in [5.41, 5.74) is 1.73. The number of hydrogen-bond donors (Lipinski definition) is 0. The van der Waals surface area contributed by atoms with E-state index in [2.05, 4.69) is 29.9 Å². The highest BCUT2D eigenvalue weighted by Crippen LogP contribution is 2.30. The summed E-state index contributed by atoms with van der Waals surface area (Å²) in [6, 6.07) is 4.72. The molecule has 96 valence electrons. The molecule has 1 aliphatic carbocycles. The summed E-state index contributed by atoms with van der Waals surface area (Å²) >= 11 is 0. The number of hydrogen-bond acceptors (Lipinski definition) is 3. The highest BCUT2D eigenvalue weighted by molar-refractivity contribution is 5.57. The Morgan fingerprint density at radius 1 is 1.44 bits per heavy atom. The van der Waals surface area contributed by atoms with Gasteiger partial charge in [-0.2, -0.15) is 5.26 Å². The average Bonchev–Trinajstić information content (AvgIpc) is 2.37. The molecule has 1 heterocycles. The maximum absolute atomic E-state index is 9.28. The lowest BCUT2D eigenvalue weighted by molar-refractivity contribution is 0.335. The molecule has 3 nitrogen and oxygen atoms in total. The van der Waals surface area contributed by atoms with Crippen molar-refractivity contribution in [3.8, 4) is 6.07 Å². The van der Waals surface area contributed by atoms with Crippen LogP contribution in [0.4, 0.5) is 5.82 Å². The molecule has 18 heavy (non-hydrogen) atoms. The molecule has 0 aromatic carbocycles. The molecule has 0 saturated heterocycles. The predicted octanol–water partition coefficient (Wildman–Crippen LogP) is 3.28. The first-order valence-corrected chi connectivity index (χ1v) is 6.72. The quantitative estimate of drug-likeness (QED) is 0.800. The van der Waals surface area contributed by atoms with Crippen LogP contribution in [0.15, 0.2) is 12.3 Å². The molecule has 2 atom stereocenters. The Bertz CT molecular complexity index is 461. The van der Waals surface area contributed by atoms with Gasteiger partial charge in [0, 0.05) is 19.3 Å². The van der Waals surface area contributed by atoms with Gasteiger partial charge in [-0.15, -0.1) is 0 Å². The van der Waals surface area contributed by atoms with Crippen molar-refractivity contribution in [1.82, 2.24) is 4.98 Å². The van der Waals surface area contributed by atoms with E-state index in [1.807, 2.05) is 13.0 Å². The summed E-state index contributed by atoms with van der Waals surface area (Å²) in [5, 5.41) is 9.28. The first-order valence-electron chi connectivity index (χ1n) is 6.72. The van der Waals surface area contributed by atoms with Crippen LogP contribution >= 0.6 is 0 Å². The zero-order valence-electron chi connectivity index (χ0n) is 11.5. The number of rotatable bonds is 2. The zero-order valence-corrected chi connectivity index (χ0v) is 11.5. The Kier molecular flexibility index (Phi) is 3.86. The smallest absolute Gasteiger partial charge is 0.146 e. The molecule has 0 bridgehead atoms. The minimum absolute atomic E-state index is 0.523. The lowest BCUT2D eigenvalue weighted by Gasteiger charge is -2.35. The van der Waals surface area contributed by atoms with Crippen molar-refractivity contribution in [3.63, 3.8) is 0 Å². The van der Waals surface area contributed by atoms with Gasteiger partial charge in [0.25, 0.3) is 0 Å². The first kappa shape index (κ1) is 12.9. The van der Waals surface area contributed by atoms with Crippen molar-refractivity contribution in [1.29, 1.82) is 5.26 Å². The number of pyridine rings is 1. The van der Waals surface area contributed by atoms with Gasteiger partial charge in [-0.05, 0) is 37.3 Å². The Labute approximate surface area is 109 Å². The molecule has 2 unspecified atom stereocenters. The Morgan fingerprint density at radius 2 is 2.22 bits per heavy atom. The van der Waals surface area contributed by atoms with Crippen LogP contribution in [0.3, 0.4) is 0 Å². The fourth-order valence-electron chi connectivity index (χ4n) is 2.88. The average molecular weight is 243 g/mol. The number of anilines is 1. The molecule has 0 amide bonds. The minimum atomic E-state index is 0.523. The van der Waals surface area contributed by atoms with E-state index in [0.717, 1.165) is 22.9 Å². The van der Waals surface area contributed by atoms with Crippen LogP contribution in [0.25, 0.3) is 0 Å². The monoisotopic (exact) mass is 243 g/mol. The third kappa shape index (κ3) is 2.48. The van der Waals surface area contributed by atoms with Gasteiger partial charge >= 0.3 is 0 Å². The SMILES string of the molecule is Cc1ccnc(N(C)C2CCCC(C)C2)c1C#N. The Hall–Kier alpha value is -1.56. The topological polar surface area (TPSA) is 39.9 Å². The van der Waals surface area contributed by atoms with Crippen molar-refractivity contribution < 1.29 is 0 Å². The van der Waals surface area contributed by atoms with E-state index >= 15 is 0 Å². The summed E-state index contributed by atoms with van der Waals surface area (Å²) in [5.74, 6) is 1.62. The summed E-state index contributed by atoms with van der Waals surface area (Å²) in [7, 11) is 2.07. The maximum Gasteiger partial charge on any atom is 0.146 e. The van der Waals surface area contributed by atoms with E-state index in [0.29, 0.717) is 6.04 Å². The molecule has 2 rings (SSSR count). The molecule has 1 fully saturated rings. The second-order valence-electron chi connectivity index (χ2n) is 5.47. The van der Waals surface area contributed by atoms with Gasteiger partial charge in [-0.25, -0.2) is 4.98 Å². The molecule has 1 aromatic heterocycles. The van der Waals surface area contributed by atoms with Crippen molar-refractivity contribution in [2.45, 2.75) is 45.6 Å². The summed E-state index contributed by atoms with van der Waals surface area (Å²) in [6.07, 6.45) is 6.83. The minimum Gasteiger partial charge on any atom is -0.356 e. The molecule has 1 aliphatic rings. The predicted molar refractivity (Wildman–Crippen MR) is 73.5 cm³/mol. The van der Waals surface area contributed by atoms with Crippen LogP contribution in [0.2, 0.25) is 0 Å². The highest BCUT2D eigenvalue weighted by atomic mass is 15.2. The van der Waals surface area contributed by atoms with Gasteiger partial charge in [0.15, 0.2) is 0 Å². The molecule has 3 heteroatoms. The number of nitriles is 1. The van der Waals surface area contributed by atoms with E-state index in [-0.39, 0.29) is 0 Å². The standard InChI is InChI=1S/C15H21N3/c1-11-5-4-6-13(9-11)18(3)15-14(10-16)12(2)7-8-17-15/h7-8,11,13H,4-6,9H2,1-3H3. The number of aromatic nitrogens is 1. The van der Waals surface area contributed by atoms with Gasteiger partial charge in [0.1, 0.15) is 11.9 Å². The van der Waals surface area contributed by atoms with Gasteiger partial charge in [0.05, 0.1) is 5.56 Å². The molecular formula is C15H21N3. The largest absolute Gasteiger partial charge is 0.356 e. The van der Waals surface area contributed by atoms with Crippen LogP contribution in [0, 0.1) is 24.2 Å². The molecule has 1 saturated carbocycles. The van der Waals surface area contributed by atoms with Crippen molar-refractivity contribution in [3.05, 3.63) is 23.4 Å². The lowest BCUT2D eigenvalue weighted by atomic mass is 9.86. The van der Waals surface area contributed by atoms with Crippen LogP contribution in [-0.2, 0) is 0 Å². The second-order valence-corrected chi connectivity index (χ2v) is 5.47. The van der Waals surface area contributed by atoms with E-state index in [1.54, 1.807) is 6.20 Å². The van der Waals surface area contributed by atoms with E-state index in [4.69, 9.17) is 0 Å². The van der Waals surface area contributed by atoms with Crippen molar-refractivity contribution in [2.24, 2.45) is 5.92 Å². The zero-order chi connectivity index (χ0) is 13.1. The van der Waals surface area contributed by atoms with Crippen molar-refractivity contribution in [2.75, 3.05) is 11.9 Å². The third-order valence-corrected chi connectivity index (χ3v) is 4.04. The van der Waals surface area contributed by atoms with Gasteiger partial charge < -0.3 is 4.90 Å². The Morgan fingerprint density at radius 3 is 2.89 bits per heavy atom. The molecule has 0 spiro atoms. The van der Waals surface area contributed by atoms with E-state index < -0.39 is 0 Å². The molecule has 1 aromatic rings. The van der Waals surface area contributed by atoms with Crippen LogP contribution < -0.4 is 4.90 Å². The van der Waals surface area contributed by atoms with Crippen LogP contribution in [-0.4, -0.2) is 18.1 Å². The fraction of sp³-hybridized carbons (Fsp3) is 0.600. The van der Waals surface area contributed by atoms with E-state index in [9.17, 15) is 5.26 Å². The molecule has 0 N–H and O–H groups in total. The normalized spacial score (nSPS) is 23.4. The van der Waals surface area contributed by atoms with Gasteiger partial charge in [-0.1, -0.05) is 19.8 Å². The van der Waals surface area contributed by atoms with Gasteiger partial charge in [0.2, 0.25) is 0 Å². The fourth-order valence-corrected chi connectivity index (χ4v) is 2.88.